The van der Waals surface area contributed by atoms with E-state index < -0.39 is 17.6 Å². The molecule has 3 aromatic rings. The molecule has 0 heterocycles. The SMILES string of the molecule is CCN(CC)c1ccc(C=C(NC(=O)c2ccccc2)C(=O)NN=Cc2ccccc2F)cc1. The lowest BCUT2D eigenvalue weighted by atomic mass is 10.1. The zero-order chi connectivity index (χ0) is 24.3. The van der Waals surface area contributed by atoms with Gasteiger partial charge in [-0.2, -0.15) is 5.10 Å². The summed E-state index contributed by atoms with van der Waals surface area (Å²) in [5.74, 6) is -1.52. The van der Waals surface area contributed by atoms with Gasteiger partial charge in [-0.1, -0.05) is 48.5 Å². The lowest BCUT2D eigenvalue weighted by Gasteiger charge is -2.20. The number of carbonyl (C=O) groups is 2. The summed E-state index contributed by atoms with van der Waals surface area (Å²) in [7, 11) is 0. The zero-order valence-corrected chi connectivity index (χ0v) is 19.2. The van der Waals surface area contributed by atoms with Gasteiger partial charge >= 0.3 is 0 Å². The highest BCUT2D eigenvalue weighted by molar-refractivity contribution is 6.05. The fraction of sp³-hybridized carbons (Fsp3) is 0.148. The Labute approximate surface area is 198 Å². The van der Waals surface area contributed by atoms with Crippen LogP contribution in [0.25, 0.3) is 6.08 Å². The van der Waals surface area contributed by atoms with Crippen LogP contribution in [0.3, 0.4) is 0 Å². The number of hydrazone groups is 1. The Kier molecular flexibility index (Phi) is 8.68. The molecule has 3 aromatic carbocycles. The topological polar surface area (TPSA) is 73.8 Å². The Morgan fingerprint density at radius 1 is 0.912 bits per heavy atom. The molecule has 0 aromatic heterocycles. The minimum atomic E-state index is -0.635. The molecule has 34 heavy (non-hydrogen) atoms. The Hall–Kier alpha value is -4.26. The van der Waals surface area contributed by atoms with Crippen LogP contribution in [0.5, 0.6) is 0 Å². The van der Waals surface area contributed by atoms with Gasteiger partial charge in [0.1, 0.15) is 11.5 Å². The molecule has 2 amide bonds. The molecular formula is C27H27FN4O2. The molecule has 6 nitrogen and oxygen atoms in total. The van der Waals surface area contributed by atoms with Crippen molar-refractivity contribution in [2.45, 2.75) is 13.8 Å². The summed E-state index contributed by atoms with van der Waals surface area (Å²) < 4.78 is 13.8. The Morgan fingerprint density at radius 3 is 2.21 bits per heavy atom. The monoisotopic (exact) mass is 458 g/mol. The minimum absolute atomic E-state index is 0.00938. The van der Waals surface area contributed by atoms with Gasteiger partial charge in [-0.3, -0.25) is 9.59 Å². The fourth-order valence-corrected chi connectivity index (χ4v) is 3.28. The van der Waals surface area contributed by atoms with Crippen LogP contribution in [0.4, 0.5) is 10.1 Å². The van der Waals surface area contributed by atoms with Crippen LogP contribution < -0.4 is 15.6 Å². The number of benzene rings is 3. The predicted octanol–water partition coefficient (Wildman–Crippen LogP) is 4.59. The van der Waals surface area contributed by atoms with Crippen molar-refractivity contribution in [2.24, 2.45) is 5.10 Å². The standard InChI is InChI=1S/C27H27FN4O2/c1-3-32(4-2)23-16-14-20(15-17-23)18-25(30-26(33)21-10-6-5-7-11-21)27(34)31-29-19-22-12-8-9-13-24(22)28/h5-19H,3-4H2,1-2H3,(H,30,33)(H,31,34). The molecule has 0 unspecified atom stereocenters. The van der Waals surface area contributed by atoms with Crippen molar-refractivity contribution in [3.05, 3.63) is 107 Å². The molecule has 0 spiro atoms. The maximum absolute atomic E-state index is 13.8. The van der Waals surface area contributed by atoms with Gasteiger partial charge in [-0.15, -0.1) is 0 Å². The second-order valence-corrected chi connectivity index (χ2v) is 7.36. The van der Waals surface area contributed by atoms with E-state index in [9.17, 15) is 14.0 Å². The molecule has 0 saturated carbocycles. The van der Waals surface area contributed by atoms with Crippen LogP contribution in [-0.4, -0.2) is 31.1 Å². The summed E-state index contributed by atoms with van der Waals surface area (Å²) >= 11 is 0. The predicted molar refractivity (Wildman–Crippen MR) is 134 cm³/mol. The summed E-state index contributed by atoms with van der Waals surface area (Å²) in [6.45, 7) is 5.93. The van der Waals surface area contributed by atoms with Crippen molar-refractivity contribution in [1.29, 1.82) is 0 Å². The quantitative estimate of drug-likeness (QED) is 0.280. The maximum atomic E-state index is 13.8. The lowest BCUT2D eigenvalue weighted by Crippen LogP contribution is -2.32. The third-order valence-electron chi connectivity index (χ3n) is 5.14. The molecule has 174 valence electrons. The van der Waals surface area contributed by atoms with Gasteiger partial charge in [-0.05, 0) is 55.8 Å². The van der Waals surface area contributed by atoms with Crippen molar-refractivity contribution in [1.82, 2.24) is 10.7 Å². The molecule has 0 atom stereocenters. The molecule has 3 rings (SSSR count). The number of nitrogens with zero attached hydrogens (tertiary/aromatic N) is 2. The molecule has 2 N–H and O–H groups in total. The number of halogens is 1. The van der Waals surface area contributed by atoms with E-state index in [0.29, 0.717) is 5.56 Å². The smallest absolute Gasteiger partial charge is 0.287 e. The van der Waals surface area contributed by atoms with E-state index in [0.717, 1.165) is 24.3 Å². The first kappa shape index (κ1) is 24.4. The van der Waals surface area contributed by atoms with Crippen LogP contribution >= 0.6 is 0 Å². The Bertz CT molecular complexity index is 1170. The van der Waals surface area contributed by atoms with Crippen LogP contribution in [0.15, 0.2) is 89.7 Å². The van der Waals surface area contributed by atoms with E-state index >= 15 is 0 Å². The van der Waals surface area contributed by atoms with E-state index in [1.54, 1.807) is 48.5 Å². The van der Waals surface area contributed by atoms with Gasteiger partial charge in [0.2, 0.25) is 0 Å². The molecule has 0 bridgehead atoms. The molecule has 0 aliphatic carbocycles. The van der Waals surface area contributed by atoms with Crippen molar-refractivity contribution in [3.8, 4) is 0 Å². The largest absolute Gasteiger partial charge is 0.372 e. The van der Waals surface area contributed by atoms with Gasteiger partial charge in [0.25, 0.3) is 11.8 Å². The number of rotatable bonds is 9. The number of carbonyl (C=O) groups excluding carboxylic acids is 2. The van der Waals surface area contributed by atoms with Gasteiger partial charge in [0, 0.05) is 29.9 Å². The van der Waals surface area contributed by atoms with E-state index in [-0.39, 0.29) is 11.3 Å². The average molecular weight is 459 g/mol. The highest BCUT2D eigenvalue weighted by Gasteiger charge is 2.14. The van der Waals surface area contributed by atoms with Crippen LogP contribution in [0, 0.1) is 5.82 Å². The molecule has 0 fully saturated rings. The summed E-state index contributed by atoms with van der Waals surface area (Å²) in [6, 6.07) is 22.3. The number of hydrogen-bond acceptors (Lipinski definition) is 4. The maximum Gasteiger partial charge on any atom is 0.287 e. The molecule has 0 radical (unpaired) electrons. The second-order valence-electron chi connectivity index (χ2n) is 7.36. The fourth-order valence-electron chi connectivity index (χ4n) is 3.28. The highest BCUT2D eigenvalue weighted by atomic mass is 19.1. The van der Waals surface area contributed by atoms with E-state index in [2.05, 4.69) is 34.6 Å². The third-order valence-corrected chi connectivity index (χ3v) is 5.14. The Balaban J connectivity index is 1.83. The van der Waals surface area contributed by atoms with Crippen molar-refractivity contribution < 1.29 is 14.0 Å². The normalized spacial score (nSPS) is 11.3. The van der Waals surface area contributed by atoms with E-state index in [1.165, 1.54) is 18.3 Å². The lowest BCUT2D eigenvalue weighted by molar-refractivity contribution is -0.117. The van der Waals surface area contributed by atoms with Crippen LogP contribution in [0.1, 0.15) is 35.3 Å². The first-order chi connectivity index (χ1) is 16.5. The number of anilines is 1. The minimum Gasteiger partial charge on any atom is -0.372 e. The first-order valence-electron chi connectivity index (χ1n) is 11.0. The zero-order valence-electron chi connectivity index (χ0n) is 19.2. The molecule has 0 saturated heterocycles. The number of hydrogen-bond donors (Lipinski definition) is 2. The Morgan fingerprint density at radius 2 is 1.56 bits per heavy atom. The van der Waals surface area contributed by atoms with Gasteiger partial charge in [0.15, 0.2) is 0 Å². The van der Waals surface area contributed by atoms with Crippen LogP contribution in [-0.2, 0) is 4.79 Å². The molecule has 0 aliphatic rings. The van der Waals surface area contributed by atoms with Gasteiger partial charge in [-0.25, -0.2) is 9.82 Å². The van der Waals surface area contributed by atoms with E-state index in [4.69, 9.17) is 0 Å². The van der Waals surface area contributed by atoms with Gasteiger partial charge in [0.05, 0.1) is 6.21 Å². The molecule has 7 heteroatoms. The van der Waals surface area contributed by atoms with E-state index in [1.807, 2.05) is 24.3 Å². The summed E-state index contributed by atoms with van der Waals surface area (Å²) in [5, 5.41) is 6.49. The van der Waals surface area contributed by atoms with Gasteiger partial charge < -0.3 is 10.2 Å². The third kappa shape index (κ3) is 6.62. The summed E-state index contributed by atoms with van der Waals surface area (Å²) in [5.41, 5.74) is 4.80. The first-order valence-corrected chi connectivity index (χ1v) is 11.0. The summed E-state index contributed by atoms with van der Waals surface area (Å²) in [4.78, 5) is 27.7. The molecule has 0 aliphatic heterocycles. The molecular weight excluding hydrogens is 431 g/mol. The van der Waals surface area contributed by atoms with Crippen molar-refractivity contribution in [2.75, 3.05) is 18.0 Å². The van der Waals surface area contributed by atoms with Crippen molar-refractivity contribution >= 4 is 29.8 Å². The number of amides is 2. The van der Waals surface area contributed by atoms with Crippen molar-refractivity contribution in [3.63, 3.8) is 0 Å². The second kappa shape index (κ2) is 12.1. The summed E-state index contributed by atoms with van der Waals surface area (Å²) in [6.07, 6.45) is 2.78. The average Bonchev–Trinajstić information content (AvgIpc) is 2.87. The van der Waals surface area contributed by atoms with Crippen LogP contribution in [0.2, 0.25) is 0 Å². The number of nitrogens with one attached hydrogen (secondary N) is 2. The highest BCUT2D eigenvalue weighted by Crippen LogP contribution is 2.16.